The van der Waals surface area contributed by atoms with Crippen molar-refractivity contribution in [1.82, 2.24) is 0 Å². The summed E-state index contributed by atoms with van der Waals surface area (Å²) in [6, 6.07) is 16.4. The molecule has 0 aliphatic heterocycles. The molecule has 2 atom stereocenters. The lowest BCUT2D eigenvalue weighted by Gasteiger charge is -2.13. The SMILES string of the molecule is Cc1ccc([S@@](=O)C[C@@H](CF)OC(=O)/C=C/c2ccccc2)cc1. The summed E-state index contributed by atoms with van der Waals surface area (Å²) in [5, 5.41) is 0. The number of rotatable bonds is 7. The maximum absolute atomic E-state index is 13.1. The number of carbonyl (C=O) groups is 1. The maximum Gasteiger partial charge on any atom is 0.331 e. The lowest BCUT2D eigenvalue weighted by molar-refractivity contribution is -0.142. The van der Waals surface area contributed by atoms with Crippen LogP contribution in [0.25, 0.3) is 6.08 Å². The number of alkyl halides is 1. The van der Waals surface area contributed by atoms with Crippen molar-refractivity contribution in [3.63, 3.8) is 0 Å². The Bertz CT molecular complexity index is 711. The molecule has 2 rings (SSSR count). The average Bonchev–Trinajstić information content (AvgIpc) is 2.60. The van der Waals surface area contributed by atoms with Crippen LogP contribution in [0.2, 0.25) is 0 Å². The number of hydrogen-bond acceptors (Lipinski definition) is 3. The zero-order chi connectivity index (χ0) is 17.4. The quantitative estimate of drug-likeness (QED) is 0.567. The number of ether oxygens (including phenoxy) is 1. The van der Waals surface area contributed by atoms with E-state index in [1.165, 1.54) is 6.08 Å². The molecule has 0 aromatic heterocycles. The van der Waals surface area contributed by atoms with Crippen LogP contribution in [0.3, 0.4) is 0 Å². The molecule has 0 fully saturated rings. The molecule has 24 heavy (non-hydrogen) atoms. The van der Waals surface area contributed by atoms with Crippen LogP contribution >= 0.6 is 0 Å². The Labute approximate surface area is 143 Å². The van der Waals surface area contributed by atoms with Crippen LogP contribution in [0.4, 0.5) is 4.39 Å². The minimum Gasteiger partial charge on any atom is -0.455 e. The van der Waals surface area contributed by atoms with Crippen molar-refractivity contribution in [3.05, 3.63) is 71.8 Å². The van der Waals surface area contributed by atoms with E-state index < -0.39 is 29.5 Å². The molecule has 0 heterocycles. The minimum atomic E-state index is -1.42. The van der Waals surface area contributed by atoms with Crippen molar-refractivity contribution >= 4 is 22.8 Å². The molecule has 0 unspecified atom stereocenters. The Morgan fingerprint density at radius 3 is 2.46 bits per heavy atom. The molecule has 2 aromatic rings. The smallest absolute Gasteiger partial charge is 0.331 e. The van der Waals surface area contributed by atoms with Crippen LogP contribution in [-0.4, -0.2) is 28.7 Å². The molecule has 0 N–H and O–H groups in total. The molecule has 0 spiro atoms. The van der Waals surface area contributed by atoms with E-state index in [1.807, 2.05) is 49.4 Å². The standard InChI is InChI=1S/C19H19FO3S/c1-15-7-10-18(11-8-15)24(22)14-17(13-20)23-19(21)12-9-16-5-3-2-4-6-16/h2-12,17H,13-14H2,1H3/b12-9+/t17-,24+/m1/s1. The van der Waals surface area contributed by atoms with Gasteiger partial charge in [-0.25, -0.2) is 9.18 Å². The fraction of sp³-hybridized carbons (Fsp3) is 0.211. The Balaban J connectivity index is 1.91. The summed E-state index contributed by atoms with van der Waals surface area (Å²) in [6.45, 7) is 1.06. The van der Waals surface area contributed by atoms with Gasteiger partial charge < -0.3 is 4.74 Å². The molecule has 2 aromatic carbocycles. The third-order valence-corrected chi connectivity index (χ3v) is 4.76. The molecule has 0 aliphatic carbocycles. The largest absolute Gasteiger partial charge is 0.455 e. The highest BCUT2D eigenvalue weighted by atomic mass is 32.2. The van der Waals surface area contributed by atoms with Crippen molar-refractivity contribution in [1.29, 1.82) is 0 Å². The van der Waals surface area contributed by atoms with Crippen LogP contribution < -0.4 is 0 Å². The van der Waals surface area contributed by atoms with Gasteiger partial charge in [-0.2, -0.15) is 0 Å². The van der Waals surface area contributed by atoms with Gasteiger partial charge in [0.15, 0.2) is 0 Å². The van der Waals surface area contributed by atoms with Gasteiger partial charge >= 0.3 is 5.97 Å². The predicted molar refractivity (Wildman–Crippen MR) is 93.8 cm³/mol. The van der Waals surface area contributed by atoms with Gasteiger partial charge in [-0.15, -0.1) is 0 Å². The Morgan fingerprint density at radius 1 is 1.17 bits per heavy atom. The second kappa shape index (κ2) is 9.13. The molecule has 5 heteroatoms. The Kier molecular flexibility index (Phi) is 6.88. The number of aryl methyl sites for hydroxylation is 1. The van der Waals surface area contributed by atoms with E-state index >= 15 is 0 Å². The van der Waals surface area contributed by atoms with Crippen LogP contribution in [-0.2, 0) is 20.3 Å². The molecule has 0 aliphatic rings. The molecule has 0 amide bonds. The van der Waals surface area contributed by atoms with Crippen molar-refractivity contribution in [3.8, 4) is 0 Å². The summed E-state index contributed by atoms with van der Waals surface area (Å²) >= 11 is 0. The summed E-state index contributed by atoms with van der Waals surface area (Å²) in [5.41, 5.74) is 1.89. The van der Waals surface area contributed by atoms with Crippen LogP contribution in [0.15, 0.2) is 65.6 Å². The lowest BCUT2D eigenvalue weighted by atomic mass is 10.2. The zero-order valence-corrected chi connectivity index (χ0v) is 14.2. The summed E-state index contributed by atoms with van der Waals surface area (Å²) in [4.78, 5) is 12.4. The maximum atomic E-state index is 13.1. The van der Waals surface area contributed by atoms with E-state index in [0.29, 0.717) is 4.90 Å². The van der Waals surface area contributed by atoms with Gasteiger partial charge in [0.05, 0.1) is 16.6 Å². The van der Waals surface area contributed by atoms with Crippen molar-refractivity contribution in [2.75, 3.05) is 12.4 Å². The highest BCUT2D eigenvalue weighted by Crippen LogP contribution is 2.11. The number of esters is 1. The third kappa shape index (κ3) is 5.74. The van der Waals surface area contributed by atoms with Gasteiger partial charge in [-0.1, -0.05) is 48.0 Å². The molecule has 3 nitrogen and oxygen atoms in total. The van der Waals surface area contributed by atoms with E-state index in [1.54, 1.807) is 18.2 Å². The van der Waals surface area contributed by atoms with Crippen molar-refractivity contribution < 1.29 is 18.1 Å². The lowest BCUT2D eigenvalue weighted by Crippen LogP contribution is -2.25. The zero-order valence-electron chi connectivity index (χ0n) is 13.4. The molecule has 0 saturated heterocycles. The van der Waals surface area contributed by atoms with E-state index in [2.05, 4.69) is 0 Å². The average molecular weight is 346 g/mol. The monoisotopic (exact) mass is 346 g/mol. The van der Waals surface area contributed by atoms with Gasteiger partial charge in [0.25, 0.3) is 0 Å². The molecular formula is C19H19FO3S. The first-order chi connectivity index (χ1) is 11.6. The van der Waals surface area contributed by atoms with Crippen molar-refractivity contribution in [2.24, 2.45) is 0 Å². The summed E-state index contributed by atoms with van der Waals surface area (Å²) in [7, 11) is -1.42. The highest BCUT2D eigenvalue weighted by molar-refractivity contribution is 7.85. The summed E-state index contributed by atoms with van der Waals surface area (Å²) < 4.78 is 30.4. The van der Waals surface area contributed by atoms with Crippen LogP contribution in [0.5, 0.6) is 0 Å². The third-order valence-electron chi connectivity index (χ3n) is 3.29. The Hall–Kier alpha value is -2.27. The normalized spacial score (nSPS) is 13.6. The highest BCUT2D eigenvalue weighted by Gasteiger charge is 2.17. The first kappa shape index (κ1) is 18.1. The van der Waals surface area contributed by atoms with E-state index in [-0.39, 0.29) is 5.75 Å². The van der Waals surface area contributed by atoms with E-state index in [9.17, 15) is 13.4 Å². The van der Waals surface area contributed by atoms with Crippen molar-refractivity contribution in [2.45, 2.75) is 17.9 Å². The number of hydrogen-bond donors (Lipinski definition) is 0. The fourth-order valence-corrected chi connectivity index (χ4v) is 3.12. The predicted octanol–water partition coefficient (Wildman–Crippen LogP) is 3.70. The number of carbonyl (C=O) groups excluding carboxylic acids is 1. The topological polar surface area (TPSA) is 43.4 Å². The summed E-state index contributed by atoms with van der Waals surface area (Å²) in [5.74, 6) is -0.716. The van der Waals surface area contributed by atoms with Gasteiger partial charge in [0, 0.05) is 11.0 Å². The van der Waals surface area contributed by atoms with Gasteiger partial charge in [0.1, 0.15) is 12.8 Å². The van der Waals surface area contributed by atoms with Crippen LogP contribution in [0.1, 0.15) is 11.1 Å². The Morgan fingerprint density at radius 2 is 1.83 bits per heavy atom. The van der Waals surface area contributed by atoms with Gasteiger partial charge in [0.2, 0.25) is 0 Å². The molecule has 0 bridgehead atoms. The van der Waals surface area contributed by atoms with Gasteiger partial charge in [-0.3, -0.25) is 4.21 Å². The molecule has 126 valence electrons. The number of benzene rings is 2. The molecule has 0 saturated carbocycles. The first-order valence-corrected chi connectivity index (χ1v) is 8.85. The van der Waals surface area contributed by atoms with E-state index in [4.69, 9.17) is 4.74 Å². The molecule has 0 radical (unpaired) electrons. The van der Waals surface area contributed by atoms with Gasteiger partial charge in [-0.05, 0) is 30.7 Å². The molecular weight excluding hydrogens is 327 g/mol. The second-order valence-corrected chi connectivity index (χ2v) is 6.78. The van der Waals surface area contributed by atoms with Crippen LogP contribution in [0, 0.1) is 6.92 Å². The summed E-state index contributed by atoms with van der Waals surface area (Å²) in [6.07, 6.45) is 1.81. The van der Waals surface area contributed by atoms with E-state index in [0.717, 1.165) is 11.1 Å². The second-order valence-electron chi connectivity index (χ2n) is 5.28. The number of halogens is 1. The first-order valence-electron chi connectivity index (χ1n) is 7.53. The minimum absolute atomic E-state index is 0.0650. The fourth-order valence-electron chi connectivity index (χ4n) is 2.00.